The number of carbonyl (C=O) groups is 2. The predicted octanol–water partition coefficient (Wildman–Crippen LogP) is 3.81. The molecule has 0 spiro atoms. The second-order valence-electron chi connectivity index (χ2n) is 8.38. The fraction of sp³-hybridized carbons (Fsp3) is 0.333. The average Bonchev–Trinajstić information content (AvgIpc) is 3.39. The molecular weight excluding hydrogens is 411 g/mol. The van der Waals surface area contributed by atoms with Crippen LogP contribution in [0.1, 0.15) is 43.1 Å². The van der Waals surface area contributed by atoms with Gasteiger partial charge in [0, 0.05) is 36.7 Å². The number of amides is 2. The first-order valence-electron chi connectivity index (χ1n) is 10.8. The molecule has 164 valence electrons. The van der Waals surface area contributed by atoms with Crippen molar-refractivity contribution in [3.8, 4) is 11.4 Å². The Labute approximate surface area is 184 Å². The van der Waals surface area contributed by atoms with Gasteiger partial charge in [-0.2, -0.15) is 4.98 Å². The number of carbonyl (C=O) groups excluding carboxylic acids is 2. The van der Waals surface area contributed by atoms with Crippen molar-refractivity contribution in [3.63, 3.8) is 0 Å². The van der Waals surface area contributed by atoms with Gasteiger partial charge in [-0.3, -0.25) is 9.59 Å². The molecule has 0 unspecified atom stereocenters. The highest BCUT2D eigenvalue weighted by Crippen LogP contribution is 2.36. The Hall–Kier alpha value is -3.55. The zero-order valence-electron chi connectivity index (χ0n) is 17.5. The highest BCUT2D eigenvalue weighted by atomic mass is 19.1. The molecule has 1 saturated heterocycles. The summed E-state index contributed by atoms with van der Waals surface area (Å²) in [6, 6.07) is 13.4. The van der Waals surface area contributed by atoms with E-state index < -0.39 is 5.92 Å². The number of aromatic nitrogens is 2. The van der Waals surface area contributed by atoms with Crippen molar-refractivity contribution in [2.75, 3.05) is 11.4 Å². The Bertz CT molecular complexity index is 1140. The summed E-state index contributed by atoms with van der Waals surface area (Å²) in [4.78, 5) is 31.4. The molecule has 5 rings (SSSR count). The predicted molar refractivity (Wildman–Crippen MR) is 115 cm³/mol. The standard InChI is InChI=1S/C24H23FN4O3/c25-19-9-7-15(8-10-19)13-26-23(31)18-12-21(30)29(14-18)20-6-2-5-17(11-20)22-27-24(32-28-22)16-3-1-4-16/h2,5-11,16,18H,1,3-4,12-14H2,(H,26,31)/t18-/m1/s1. The number of rotatable bonds is 6. The molecule has 0 bridgehead atoms. The summed E-state index contributed by atoms with van der Waals surface area (Å²) in [6.07, 6.45) is 3.49. The van der Waals surface area contributed by atoms with Crippen LogP contribution in [0.5, 0.6) is 0 Å². The van der Waals surface area contributed by atoms with Crippen LogP contribution < -0.4 is 10.2 Å². The molecule has 7 nitrogen and oxygen atoms in total. The molecule has 2 heterocycles. The number of hydrogen-bond donors (Lipinski definition) is 1. The van der Waals surface area contributed by atoms with Gasteiger partial charge in [-0.05, 0) is 42.7 Å². The molecule has 1 aromatic heterocycles. The summed E-state index contributed by atoms with van der Waals surface area (Å²) in [5.41, 5.74) is 2.28. The molecule has 1 aliphatic heterocycles. The van der Waals surface area contributed by atoms with Crippen LogP contribution in [-0.2, 0) is 16.1 Å². The number of anilines is 1. The lowest BCUT2D eigenvalue weighted by Crippen LogP contribution is -2.32. The van der Waals surface area contributed by atoms with E-state index in [0.29, 0.717) is 36.4 Å². The number of benzene rings is 2. The van der Waals surface area contributed by atoms with Gasteiger partial charge in [0.15, 0.2) is 0 Å². The lowest BCUT2D eigenvalue weighted by atomic mass is 9.85. The van der Waals surface area contributed by atoms with Crippen LogP contribution in [0.2, 0.25) is 0 Å². The van der Waals surface area contributed by atoms with E-state index in [4.69, 9.17) is 4.52 Å². The molecule has 3 aromatic rings. The van der Waals surface area contributed by atoms with Crippen LogP contribution in [0.25, 0.3) is 11.4 Å². The third kappa shape index (κ3) is 4.12. The van der Waals surface area contributed by atoms with Crippen molar-refractivity contribution in [3.05, 3.63) is 65.8 Å². The van der Waals surface area contributed by atoms with Crippen molar-refractivity contribution in [1.29, 1.82) is 0 Å². The van der Waals surface area contributed by atoms with Crippen LogP contribution in [0, 0.1) is 11.7 Å². The largest absolute Gasteiger partial charge is 0.352 e. The molecule has 1 N–H and O–H groups in total. The molecule has 1 atom stereocenters. The number of nitrogens with zero attached hydrogens (tertiary/aromatic N) is 3. The summed E-state index contributed by atoms with van der Waals surface area (Å²) in [7, 11) is 0. The second-order valence-corrected chi connectivity index (χ2v) is 8.38. The summed E-state index contributed by atoms with van der Waals surface area (Å²) in [6.45, 7) is 0.595. The van der Waals surface area contributed by atoms with E-state index in [0.717, 1.165) is 24.0 Å². The summed E-state index contributed by atoms with van der Waals surface area (Å²) in [5, 5.41) is 6.94. The SMILES string of the molecule is O=C(NCc1ccc(F)cc1)[C@@H]1CC(=O)N(c2cccc(-c3noc(C4CCC4)n3)c2)C1. The normalized spacial score (nSPS) is 18.6. The van der Waals surface area contributed by atoms with E-state index in [9.17, 15) is 14.0 Å². The van der Waals surface area contributed by atoms with Gasteiger partial charge in [-0.1, -0.05) is 35.8 Å². The van der Waals surface area contributed by atoms with Gasteiger partial charge in [0.1, 0.15) is 5.82 Å². The van der Waals surface area contributed by atoms with E-state index in [1.165, 1.54) is 18.6 Å². The lowest BCUT2D eigenvalue weighted by molar-refractivity contribution is -0.126. The van der Waals surface area contributed by atoms with Crippen molar-refractivity contribution >= 4 is 17.5 Å². The summed E-state index contributed by atoms with van der Waals surface area (Å²) in [5.74, 6) is 0.480. The maximum atomic E-state index is 13.0. The summed E-state index contributed by atoms with van der Waals surface area (Å²) < 4.78 is 18.4. The van der Waals surface area contributed by atoms with Gasteiger partial charge in [0.2, 0.25) is 23.5 Å². The van der Waals surface area contributed by atoms with Gasteiger partial charge in [0.25, 0.3) is 0 Å². The van der Waals surface area contributed by atoms with Gasteiger partial charge in [0.05, 0.1) is 5.92 Å². The molecular formula is C24H23FN4O3. The van der Waals surface area contributed by atoms with Gasteiger partial charge in [-0.15, -0.1) is 0 Å². The zero-order chi connectivity index (χ0) is 22.1. The van der Waals surface area contributed by atoms with E-state index >= 15 is 0 Å². The lowest BCUT2D eigenvalue weighted by Gasteiger charge is -2.20. The van der Waals surface area contributed by atoms with Gasteiger partial charge in [-0.25, -0.2) is 4.39 Å². The number of halogens is 1. The zero-order valence-corrected chi connectivity index (χ0v) is 17.5. The van der Waals surface area contributed by atoms with Crippen LogP contribution in [0.3, 0.4) is 0 Å². The first-order valence-corrected chi connectivity index (χ1v) is 10.8. The minimum absolute atomic E-state index is 0.104. The Morgan fingerprint density at radius 3 is 2.75 bits per heavy atom. The maximum Gasteiger partial charge on any atom is 0.230 e. The molecule has 0 radical (unpaired) electrons. The fourth-order valence-corrected chi connectivity index (χ4v) is 4.05. The fourth-order valence-electron chi connectivity index (χ4n) is 4.05. The molecule has 1 aliphatic carbocycles. The molecule has 2 aromatic carbocycles. The Morgan fingerprint density at radius 1 is 1.19 bits per heavy atom. The van der Waals surface area contributed by atoms with Gasteiger partial charge >= 0.3 is 0 Å². The maximum absolute atomic E-state index is 13.0. The van der Waals surface area contributed by atoms with Crippen molar-refractivity contribution in [2.45, 2.75) is 38.1 Å². The Balaban J connectivity index is 1.24. The topological polar surface area (TPSA) is 88.3 Å². The highest BCUT2D eigenvalue weighted by Gasteiger charge is 2.35. The van der Waals surface area contributed by atoms with E-state index in [1.807, 2.05) is 24.3 Å². The Morgan fingerprint density at radius 2 is 2.00 bits per heavy atom. The van der Waals surface area contributed by atoms with Crippen molar-refractivity contribution in [2.24, 2.45) is 5.92 Å². The summed E-state index contributed by atoms with van der Waals surface area (Å²) >= 11 is 0. The first kappa shape index (κ1) is 20.4. The van der Waals surface area contributed by atoms with E-state index in [2.05, 4.69) is 15.5 Å². The molecule has 1 saturated carbocycles. The average molecular weight is 434 g/mol. The first-order chi connectivity index (χ1) is 15.6. The van der Waals surface area contributed by atoms with Crippen LogP contribution in [0.15, 0.2) is 53.1 Å². The van der Waals surface area contributed by atoms with Gasteiger partial charge < -0.3 is 14.7 Å². The molecule has 2 aliphatic rings. The number of nitrogens with one attached hydrogen (secondary N) is 1. The molecule has 2 amide bonds. The quantitative estimate of drug-likeness (QED) is 0.637. The van der Waals surface area contributed by atoms with Crippen molar-refractivity contribution in [1.82, 2.24) is 15.5 Å². The van der Waals surface area contributed by atoms with Crippen molar-refractivity contribution < 1.29 is 18.5 Å². The molecule has 2 fully saturated rings. The number of hydrogen-bond acceptors (Lipinski definition) is 5. The van der Waals surface area contributed by atoms with E-state index in [1.54, 1.807) is 17.0 Å². The van der Waals surface area contributed by atoms with Crippen LogP contribution in [-0.4, -0.2) is 28.5 Å². The molecule has 32 heavy (non-hydrogen) atoms. The highest BCUT2D eigenvalue weighted by molar-refractivity contribution is 6.00. The minimum atomic E-state index is -0.443. The second kappa shape index (κ2) is 8.53. The third-order valence-electron chi connectivity index (χ3n) is 6.19. The van der Waals surface area contributed by atoms with Crippen LogP contribution >= 0.6 is 0 Å². The molecule has 8 heteroatoms. The third-order valence-corrected chi connectivity index (χ3v) is 6.19. The van der Waals surface area contributed by atoms with E-state index in [-0.39, 0.29) is 24.1 Å². The van der Waals surface area contributed by atoms with Crippen LogP contribution in [0.4, 0.5) is 10.1 Å². The minimum Gasteiger partial charge on any atom is -0.352 e. The Kier molecular flexibility index (Phi) is 5.43. The smallest absolute Gasteiger partial charge is 0.230 e. The monoisotopic (exact) mass is 434 g/mol.